The third-order valence-electron chi connectivity index (χ3n) is 5.43. The van der Waals surface area contributed by atoms with Gasteiger partial charge in [0.25, 0.3) is 5.91 Å². The molecule has 0 radical (unpaired) electrons. The van der Waals surface area contributed by atoms with Crippen molar-refractivity contribution in [2.75, 3.05) is 39.4 Å². The highest BCUT2D eigenvalue weighted by atomic mass is 35.5. The molecule has 8 heteroatoms. The molecule has 0 aliphatic carbocycles. The molecule has 1 N–H and O–H groups in total. The number of aromatic nitrogens is 1. The fourth-order valence-corrected chi connectivity index (χ4v) is 3.61. The lowest BCUT2D eigenvalue weighted by Gasteiger charge is -2.27. The molecule has 1 aromatic carbocycles. The molecule has 1 aliphatic heterocycles. The zero-order valence-electron chi connectivity index (χ0n) is 17.8. The van der Waals surface area contributed by atoms with E-state index in [1.165, 1.54) is 6.26 Å². The van der Waals surface area contributed by atoms with Crippen LogP contribution in [0.5, 0.6) is 0 Å². The molecule has 0 bridgehead atoms. The smallest absolute Gasteiger partial charge is 0.273 e. The Bertz CT molecular complexity index is 807. The first-order valence-electron chi connectivity index (χ1n) is 10.6. The summed E-state index contributed by atoms with van der Waals surface area (Å²) < 4.78 is 10.9. The number of hydrogen-bond acceptors (Lipinski definition) is 6. The first-order valence-corrected chi connectivity index (χ1v) is 10.9. The van der Waals surface area contributed by atoms with Gasteiger partial charge in [0.1, 0.15) is 6.26 Å². The van der Waals surface area contributed by atoms with Crippen LogP contribution in [0.25, 0.3) is 0 Å². The summed E-state index contributed by atoms with van der Waals surface area (Å²) in [4.78, 5) is 21.4. The number of morpholine rings is 1. The van der Waals surface area contributed by atoms with E-state index < -0.39 is 0 Å². The van der Waals surface area contributed by atoms with Crippen LogP contribution in [-0.4, -0.2) is 66.1 Å². The lowest BCUT2D eigenvalue weighted by atomic mass is 10.1. The van der Waals surface area contributed by atoms with E-state index >= 15 is 0 Å². The Balaban J connectivity index is 1.54. The Morgan fingerprint density at radius 3 is 2.87 bits per heavy atom. The van der Waals surface area contributed by atoms with Gasteiger partial charge >= 0.3 is 0 Å². The highest BCUT2D eigenvalue weighted by Crippen LogP contribution is 2.18. The molecule has 1 saturated heterocycles. The lowest BCUT2D eigenvalue weighted by Crippen LogP contribution is -2.41. The Labute approximate surface area is 183 Å². The number of oxazole rings is 1. The van der Waals surface area contributed by atoms with Crippen LogP contribution >= 0.6 is 11.6 Å². The summed E-state index contributed by atoms with van der Waals surface area (Å²) >= 11 is 6.13. The average Bonchev–Trinajstić information content (AvgIpc) is 3.22. The molecule has 0 saturated carbocycles. The zero-order chi connectivity index (χ0) is 21.3. The van der Waals surface area contributed by atoms with Crippen LogP contribution in [0.1, 0.15) is 42.2 Å². The number of carbonyl (C=O) groups excluding carboxylic acids is 1. The van der Waals surface area contributed by atoms with Gasteiger partial charge in [0.2, 0.25) is 5.89 Å². The number of halogens is 1. The van der Waals surface area contributed by atoms with E-state index in [9.17, 15) is 4.79 Å². The van der Waals surface area contributed by atoms with Crippen molar-refractivity contribution in [3.63, 3.8) is 0 Å². The van der Waals surface area contributed by atoms with Crippen molar-refractivity contribution in [1.29, 1.82) is 0 Å². The fourth-order valence-electron chi connectivity index (χ4n) is 3.40. The quantitative estimate of drug-likeness (QED) is 0.619. The Kier molecular flexibility index (Phi) is 8.69. The van der Waals surface area contributed by atoms with Crippen molar-refractivity contribution >= 4 is 17.5 Å². The monoisotopic (exact) mass is 434 g/mol. The molecule has 1 fully saturated rings. The van der Waals surface area contributed by atoms with Crippen LogP contribution in [-0.2, 0) is 17.8 Å². The number of nitrogens with one attached hydrogen (secondary N) is 1. The summed E-state index contributed by atoms with van der Waals surface area (Å²) in [7, 11) is 0. The summed E-state index contributed by atoms with van der Waals surface area (Å²) in [5.74, 6) is 0.332. The normalized spacial score (nSPS) is 16.0. The highest BCUT2D eigenvalue weighted by molar-refractivity contribution is 6.30. The third kappa shape index (κ3) is 6.80. The van der Waals surface area contributed by atoms with Crippen LogP contribution in [0.15, 0.2) is 34.9 Å². The van der Waals surface area contributed by atoms with Crippen LogP contribution in [0.4, 0.5) is 0 Å². The van der Waals surface area contributed by atoms with E-state index in [0.717, 1.165) is 56.4 Å². The van der Waals surface area contributed by atoms with Crippen molar-refractivity contribution in [2.24, 2.45) is 0 Å². The molecule has 2 aromatic rings. The predicted octanol–water partition coefficient (Wildman–Crippen LogP) is 3.19. The van der Waals surface area contributed by atoms with E-state index in [2.05, 4.69) is 40.0 Å². The summed E-state index contributed by atoms with van der Waals surface area (Å²) in [6.07, 6.45) is 2.43. The SMILES string of the molecule is CCC(C)N(Cc1cccc(Cl)c1)Cc1nc(C(=O)NCCN2CCOCC2)co1. The molecule has 1 aliphatic rings. The molecule has 164 valence electrons. The standard InChI is InChI=1S/C22H31ClN4O3/c1-3-17(2)27(14-18-5-4-6-19(23)13-18)15-21-25-20(16-30-21)22(28)24-7-8-26-9-11-29-12-10-26/h4-6,13,16-17H,3,7-12,14-15H2,1-2H3,(H,24,28). The predicted molar refractivity (Wildman–Crippen MR) is 117 cm³/mol. The molecular formula is C22H31ClN4O3. The average molecular weight is 435 g/mol. The number of benzene rings is 1. The molecule has 7 nitrogen and oxygen atoms in total. The van der Waals surface area contributed by atoms with E-state index in [4.69, 9.17) is 20.8 Å². The van der Waals surface area contributed by atoms with Gasteiger partial charge in [-0.1, -0.05) is 30.7 Å². The van der Waals surface area contributed by atoms with Crippen molar-refractivity contribution in [3.05, 3.63) is 52.7 Å². The molecule has 1 amide bonds. The van der Waals surface area contributed by atoms with Crippen molar-refractivity contribution in [2.45, 2.75) is 39.4 Å². The number of rotatable bonds is 10. The van der Waals surface area contributed by atoms with Gasteiger partial charge in [-0.2, -0.15) is 0 Å². The van der Waals surface area contributed by atoms with E-state index in [0.29, 0.717) is 30.7 Å². The molecule has 1 atom stereocenters. The molecule has 0 spiro atoms. The summed E-state index contributed by atoms with van der Waals surface area (Å²) in [6, 6.07) is 8.19. The maximum absolute atomic E-state index is 12.4. The molecule has 1 unspecified atom stereocenters. The van der Waals surface area contributed by atoms with Crippen LogP contribution in [0.3, 0.4) is 0 Å². The molecule has 1 aromatic heterocycles. The Morgan fingerprint density at radius 1 is 1.33 bits per heavy atom. The van der Waals surface area contributed by atoms with Crippen molar-refractivity contribution in [1.82, 2.24) is 20.1 Å². The molecule has 3 rings (SSSR count). The minimum atomic E-state index is -0.205. The fraction of sp³-hybridized carbons (Fsp3) is 0.545. The van der Waals surface area contributed by atoms with Gasteiger partial charge in [-0.15, -0.1) is 0 Å². The van der Waals surface area contributed by atoms with Gasteiger partial charge in [0.05, 0.1) is 19.8 Å². The van der Waals surface area contributed by atoms with Gasteiger partial charge in [-0.05, 0) is 31.0 Å². The second-order valence-electron chi connectivity index (χ2n) is 7.63. The van der Waals surface area contributed by atoms with E-state index in [-0.39, 0.29) is 5.91 Å². The van der Waals surface area contributed by atoms with Gasteiger partial charge in [0, 0.05) is 43.8 Å². The van der Waals surface area contributed by atoms with E-state index in [1.54, 1.807) is 0 Å². The second-order valence-corrected chi connectivity index (χ2v) is 8.07. The molecular weight excluding hydrogens is 404 g/mol. The van der Waals surface area contributed by atoms with E-state index in [1.807, 2.05) is 18.2 Å². The number of amides is 1. The van der Waals surface area contributed by atoms with Gasteiger partial charge in [-0.3, -0.25) is 14.6 Å². The van der Waals surface area contributed by atoms with Crippen molar-refractivity contribution in [3.8, 4) is 0 Å². The van der Waals surface area contributed by atoms with Gasteiger partial charge in [-0.25, -0.2) is 4.98 Å². The number of carbonyl (C=O) groups is 1. The first kappa shape index (κ1) is 22.7. The van der Waals surface area contributed by atoms with Gasteiger partial charge < -0.3 is 14.5 Å². The maximum Gasteiger partial charge on any atom is 0.273 e. The lowest BCUT2D eigenvalue weighted by molar-refractivity contribution is 0.0383. The topological polar surface area (TPSA) is 70.8 Å². The summed E-state index contributed by atoms with van der Waals surface area (Å²) in [5.41, 5.74) is 1.45. The van der Waals surface area contributed by atoms with Gasteiger partial charge in [0.15, 0.2) is 5.69 Å². The number of hydrogen-bond donors (Lipinski definition) is 1. The first-order chi connectivity index (χ1) is 14.5. The zero-order valence-corrected chi connectivity index (χ0v) is 18.5. The molecule has 2 heterocycles. The van der Waals surface area contributed by atoms with Crippen LogP contribution < -0.4 is 5.32 Å². The Hall–Kier alpha value is -1.93. The maximum atomic E-state index is 12.4. The highest BCUT2D eigenvalue weighted by Gasteiger charge is 2.19. The summed E-state index contributed by atoms with van der Waals surface area (Å²) in [6.45, 7) is 10.3. The summed E-state index contributed by atoms with van der Waals surface area (Å²) in [5, 5.41) is 3.65. The third-order valence-corrected chi connectivity index (χ3v) is 5.66. The number of nitrogens with zero attached hydrogens (tertiary/aromatic N) is 3. The minimum Gasteiger partial charge on any atom is -0.447 e. The number of ether oxygens (including phenoxy) is 1. The largest absolute Gasteiger partial charge is 0.447 e. The van der Waals surface area contributed by atoms with Crippen LogP contribution in [0, 0.1) is 0 Å². The Morgan fingerprint density at radius 2 is 2.13 bits per heavy atom. The second kappa shape index (κ2) is 11.5. The molecule has 30 heavy (non-hydrogen) atoms. The van der Waals surface area contributed by atoms with Crippen molar-refractivity contribution < 1.29 is 13.9 Å². The minimum absolute atomic E-state index is 0.205. The van der Waals surface area contributed by atoms with Crippen LogP contribution in [0.2, 0.25) is 5.02 Å².